The van der Waals surface area contributed by atoms with Crippen molar-refractivity contribution in [1.29, 1.82) is 0 Å². The molecule has 0 unspecified atom stereocenters. The molecule has 0 spiro atoms. The summed E-state index contributed by atoms with van der Waals surface area (Å²) in [6.45, 7) is 3.51. The van der Waals surface area contributed by atoms with E-state index in [1.165, 1.54) is 11.1 Å². The van der Waals surface area contributed by atoms with E-state index in [1.54, 1.807) is 12.4 Å². The molecule has 28 heavy (non-hydrogen) atoms. The van der Waals surface area contributed by atoms with Gasteiger partial charge in [0.1, 0.15) is 11.5 Å². The summed E-state index contributed by atoms with van der Waals surface area (Å²) in [6.07, 6.45) is 6.37. The minimum Gasteiger partial charge on any atom is -0.366 e. The second-order valence-electron chi connectivity index (χ2n) is 6.46. The van der Waals surface area contributed by atoms with E-state index in [-0.39, 0.29) is 0 Å². The van der Waals surface area contributed by atoms with Crippen molar-refractivity contribution in [2.45, 2.75) is 26.4 Å². The number of hydrogen-bond donors (Lipinski definition) is 1. The fourth-order valence-electron chi connectivity index (χ4n) is 3.02. The first-order valence-corrected chi connectivity index (χ1v) is 9.39. The third-order valence-corrected chi connectivity index (χ3v) is 4.51. The fourth-order valence-corrected chi connectivity index (χ4v) is 3.02. The zero-order valence-corrected chi connectivity index (χ0v) is 15.8. The molecule has 0 atom stereocenters. The lowest BCUT2D eigenvalue weighted by molar-refractivity contribution is 0.682. The number of benzene rings is 1. The van der Waals surface area contributed by atoms with Gasteiger partial charge in [-0.3, -0.25) is 9.67 Å². The summed E-state index contributed by atoms with van der Waals surface area (Å²) < 4.78 is 1.93. The van der Waals surface area contributed by atoms with Crippen LogP contribution in [-0.4, -0.2) is 24.7 Å². The maximum atomic E-state index is 4.67. The lowest BCUT2D eigenvalue weighted by Crippen LogP contribution is -2.09. The van der Waals surface area contributed by atoms with E-state index >= 15 is 0 Å². The van der Waals surface area contributed by atoms with Gasteiger partial charge in [-0.25, -0.2) is 9.97 Å². The molecule has 1 N–H and O–H groups in total. The first-order valence-electron chi connectivity index (χ1n) is 9.39. The summed E-state index contributed by atoms with van der Waals surface area (Å²) in [5.74, 6) is 1.45. The van der Waals surface area contributed by atoms with Crippen molar-refractivity contribution in [3.63, 3.8) is 0 Å². The van der Waals surface area contributed by atoms with E-state index in [2.05, 4.69) is 56.6 Å². The Morgan fingerprint density at radius 2 is 1.79 bits per heavy atom. The number of aryl methyl sites for hydroxylation is 1. The molecule has 0 saturated heterocycles. The molecule has 4 rings (SSSR count). The molecule has 6 nitrogen and oxygen atoms in total. The minimum atomic E-state index is 0.646. The van der Waals surface area contributed by atoms with E-state index in [0.29, 0.717) is 12.4 Å². The molecule has 0 aliphatic carbocycles. The van der Waals surface area contributed by atoms with Crippen molar-refractivity contribution < 1.29 is 0 Å². The number of aromatic nitrogens is 5. The third kappa shape index (κ3) is 4.23. The molecular weight excluding hydrogens is 348 g/mol. The van der Waals surface area contributed by atoms with Gasteiger partial charge in [-0.2, -0.15) is 5.10 Å². The van der Waals surface area contributed by atoms with Gasteiger partial charge in [0.05, 0.1) is 6.54 Å². The molecule has 0 fully saturated rings. The summed E-state index contributed by atoms with van der Waals surface area (Å²) in [6, 6.07) is 18.1. The predicted molar refractivity (Wildman–Crippen MR) is 110 cm³/mol. The van der Waals surface area contributed by atoms with Crippen LogP contribution in [0.2, 0.25) is 0 Å². The first kappa shape index (κ1) is 17.9. The van der Waals surface area contributed by atoms with Crippen LogP contribution in [0.5, 0.6) is 0 Å². The Morgan fingerprint density at radius 3 is 2.54 bits per heavy atom. The zero-order valence-electron chi connectivity index (χ0n) is 15.8. The summed E-state index contributed by atoms with van der Waals surface area (Å²) in [5.41, 5.74) is 4.21. The van der Waals surface area contributed by atoms with Gasteiger partial charge < -0.3 is 5.32 Å². The molecule has 0 bridgehead atoms. The second-order valence-corrected chi connectivity index (χ2v) is 6.46. The van der Waals surface area contributed by atoms with Crippen LogP contribution in [0.4, 0.5) is 5.82 Å². The van der Waals surface area contributed by atoms with Crippen LogP contribution < -0.4 is 5.32 Å². The lowest BCUT2D eigenvalue weighted by Gasteiger charge is -2.12. The van der Waals surface area contributed by atoms with Crippen LogP contribution in [0.1, 0.15) is 23.7 Å². The van der Waals surface area contributed by atoms with Gasteiger partial charge in [-0.05, 0) is 35.7 Å². The summed E-state index contributed by atoms with van der Waals surface area (Å²) >= 11 is 0. The molecule has 1 aromatic carbocycles. The summed E-state index contributed by atoms with van der Waals surface area (Å²) in [4.78, 5) is 13.7. The second kappa shape index (κ2) is 8.43. The predicted octanol–water partition coefficient (Wildman–Crippen LogP) is 3.96. The third-order valence-electron chi connectivity index (χ3n) is 4.51. The zero-order chi connectivity index (χ0) is 19.2. The average molecular weight is 370 g/mol. The smallest absolute Gasteiger partial charge is 0.180 e. The minimum absolute atomic E-state index is 0.646. The molecular formula is C22H22N6. The van der Waals surface area contributed by atoms with Gasteiger partial charge in [0.2, 0.25) is 0 Å². The normalized spacial score (nSPS) is 10.8. The van der Waals surface area contributed by atoms with E-state index in [0.717, 1.165) is 30.2 Å². The SMILES string of the molecule is CCc1cc(NCc2ccccc2Cn2cccn2)nc(-c2ccccn2)n1. The highest BCUT2D eigenvalue weighted by molar-refractivity contribution is 5.53. The molecule has 0 aliphatic heterocycles. The highest BCUT2D eigenvalue weighted by atomic mass is 15.3. The van der Waals surface area contributed by atoms with Crippen molar-refractivity contribution >= 4 is 5.82 Å². The van der Waals surface area contributed by atoms with Gasteiger partial charge >= 0.3 is 0 Å². The van der Waals surface area contributed by atoms with Crippen molar-refractivity contribution in [3.8, 4) is 11.5 Å². The van der Waals surface area contributed by atoms with Crippen molar-refractivity contribution in [1.82, 2.24) is 24.7 Å². The van der Waals surface area contributed by atoms with Crippen molar-refractivity contribution in [3.05, 3.63) is 90.0 Å². The highest BCUT2D eigenvalue weighted by Gasteiger charge is 2.08. The standard InChI is InChI=1S/C22H22N6/c1-2-19-14-21(27-22(26-19)20-10-5-6-11-23-20)24-15-17-8-3-4-9-18(17)16-28-13-7-12-25-28/h3-14H,2,15-16H2,1H3,(H,24,26,27). The Labute approximate surface area is 164 Å². The Kier molecular flexibility index (Phi) is 5.38. The van der Waals surface area contributed by atoms with Crippen LogP contribution in [-0.2, 0) is 19.5 Å². The van der Waals surface area contributed by atoms with Crippen LogP contribution >= 0.6 is 0 Å². The topological polar surface area (TPSA) is 68.5 Å². The molecule has 0 aliphatic rings. The van der Waals surface area contributed by atoms with Gasteiger partial charge in [-0.1, -0.05) is 37.3 Å². The highest BCUT2D eigenvalue weighted by Crippen LogP contribution is 2.18. The van der Waals surface area contributed by atoms with Crippen molar-refractivity contribution in [2.24, 2.45) is 0 Å². The monoisotopic (exact) mass is 370 g/mol. The van der Waals surface area contributed by atoms with E-state index in [1.807, 2.05) is 41.2 Å². The number of rotatable bonds is 7. The van der Waals surface area contributed by atoms with E-state index in [4.69, 9.17) is 0 Å². The number of nitrogens with zero attached hydrogens (tertiary/aromatic N) is 5. The van der Waals surface area contributed by atoms with Crippen molar-refractivity contribution in [2.75, 3.05) is 5.32 Å². The quantitative estimate of drug-likeness (QED) is 0.533. The van der Waals surface area contributed by atoms with Gasteiger partial charge in [0.15, 0.2) is 5.82 Å². The first-order chi connectivity index (χ1) is 13.8. The number of nitrogens with one attached hydrogen (secondary N) is 1. The lowest BCUT2D eigenvalue weighted by atomic mass is 10.1. The molecule has 3 heterocycles. The van der Waals surface area contributed by atoms with Crippen LogP contribution in [0.3, 0.4) is 0 Å². The fraction of sp³-hybridized carbons (Fsp3) is 0.182. The Hall–Kier alpha value is -3.54. The van der Waals surface area contributed by atoms with E-state index < -0.39 is 0 Å². The van der Waals surface area contributed by atoms with Crippen LogP contribution in [0.15, 0.2) is 73.2 Å². The number of pyridine rings is 1. The van der Waals surface area contributed by atoms with Crippen LogP contribution in [0.25, 0.3) is 11.5 Å². The molecule has 3 aromatic heterocycles. The summed E-state index contributed by atoms with van der Waals surface area (Å²) in [7, 11) is 0. The Balaban J connectivity index is 1.55. The molecule has 0 saturated carbocycles. The number of hydrogen-bond acceptors (Lipinski definition) is 5. The maximum Gasteiger partial charge on any atom is 0.180 e. The molecule has 6 heteroatoms. The largest absolute Gasteiger partial charge is 0.366 e. The Morgan fingerprint density at radius 1 is 0.929 bits per heavy atom. The molecule has 0 amide bonds. The van der Waals surface area contributed by atoms with Gasteiger partial charge in [0.25, 0.3) is 0 Å². The maximum absolute atomic E-state index is 4.67. The van der Waals surface area contributed by atoms with E-state index in [9.17, 15) is 0 Å². The van der Waals surface area contributed by atoms with Gasteiger partial charge in [-0.15, -0.1) is 0 Å². The average Bonchev–Trinajstić information content (AvgIpc) is 3.26. The molecule has 0 radical (unpaired) electrons. The number of anilines is 1. The molecule has 4 aromatic rings. The van der Waals surface area contributed by atoms with Gasteiger partial charge in [0, 0.05) is 36.9 Å². The molecule has 140 valence electrons. The van der Waals surface area contributed by atoms with Crippen LogP contribution in [0, 0.1) is 0 Å². The Bertz CT molecular complexity index is 1030. The summed E-state index contributed by atoms with van der Waals surface area (Å²) in [5, 5.41) is 7.76.